The minimum atomic E-state index is -0.445. The van der Waals surface area contributed by atoms with Gasteiger partial charge in [-0.2, -0.15) is 4.98 Å². The van der Waals surface area contributed by atoms with E-state index in [-0.39, 0.29) is 0 Å². The van der Waals surface area contributed by atoms with Gasteiger partial charge in [0.15, 0.2) is 0 Å². The number of fused-ring (bicyclic) bond motifs is 2. The average molecular weight is 294 g/mol. The van der Waals surface area contributed by atoms with Crippen molar-refractivity contribution >= 4 is 28.3 Å². The second-order valence-electron chi connectivity index (χ2n) is 5.11. The third kappa shape index (κ3) is 1.88. The molecular weight excluding hydrogens is 280 g/mol. The lowest BCUT2D eigenvalue weighted by atomic mass is 10.1. The molecule has 1 aliphatic rings. The molecule has 6 heteroatoms. The van der Waals surface area contributed by atoms with E-state index in [9.17, 15) is 4.79 Å². The predicted octanol–water partition coefficient (Wildman–Crippen LogP) is 2.19. The number of hydrogen-bond acceptors (Lipinski definition) is 4. The number of amides is 1. The van der Waals surface area contributed by atoms with Crippen LogP contribution in [0.25, 0.3) is 11.0 Å². The van der Waals surface area contributed by atoms with Gasteiger partial charge in [-0.05, 0) is 24.3 Å². The first-order chi connectivity index (χ1) is 10.7. The summed E-state index contributed by atoms with van der Waals surface area (Å²) >= 11 is 0. The Balaban J connectivity index is 1.90. The Morgan fingerprint density at radius 2 is 2.14 bits per heavy atom. The van der Waals surface area contributed by atoms with Crippen molar-refractivity contribution in [2.75, 3.05) is 18.1 Å². The van der Waals surface area contributed by atoms with Gasteiger partial charge < -0.3 is 20.4 Å². The zero-order valence-electron chi connectivity index (χ0n) is 11.7. The molecule has 0 unspecified atom stereocenters. The normalized spacial score (nSPS) is 13.7. The number of nitrogens with one attached hydrogen (secondary N) is 1. The zero-order valence-corrected chi connectivity index (χ0v) is 11.7. The molecule has 0 atom stereocenters. The number of H-pyrrole nitrogens is 1. The Kier molecular flexibility index (Phi) is 2.75. The Morgan fingerprint density at radius 3 is 3.00 bits per heavy atom. The summed E-state index contributed by atoms with van der Waals surface area (Å²) in [5, 5.41) is 0.991. The molecule has 3 heterocycles. The molecule has 6 nitrogen and oxygen atoms in total. The minimum absolute atomic E-state index is 0.445. The molecule has 4 rings (SSSR count). The van der Waals surface area contributed by atoms with Crippen LogP contribution in [0, 0.1) is 0 Å². The molecule has 3 aromatic rings. The van der Waals surface area contributed by atoms with Crippen LogP contribution in [0.4, 0.5) is 11.4 Å². The van der Waals surface area contributed by atoms with E-state index >= 15 is 0 Å². The molecule has 1 amide bonds. The largest absolute Gasteiger partial charge is 0.474 e. The summed E-state index contributed by atoms with van der Waals surface area (Å²) in [6.07, 6.45) is 1.84. The van der Waals surface area contributed by atoms with Crippen LogP contribution < -0.4 is 15.4 Å². The van der Waals surface area contributed by atoms with Crippen LogP contribution in [0.2, 0.25) is 0 Å². The number of aromatic nitrogens is 2. The van der Waals surface area contributed by atoms with E-state index in [1.54, 1.807) is 12.1 Å². The van der Waals surface area contributed by atoms with Crippen molar-refractivity contribution in [3.63, 3.8) is 0 Å². The lowest BCUT2D eigenvalue weighted by Gasteiger charge is -2.31. The van der Waals surface area contributed by atoms with Gasteiger partial charge in [0.2, 0.25) is 5.88 Å². The van der Waals surface area contributed by atoms with Crippen molar-refractivity contribution in [3.05, 3.63) is 48.2 Å². The summed E-state index contributed by atoms with van der Waals surface area (Å²) in [7, 11) is 0. The summed E-state index contributed by atoms with van der Waals surface area (Å²) in [5.74, 6) is 0.111. The Bertz CT molecular complexity index is 871. The first-order valence-electron chi connectivity index (χ1n) is 7.01. The number of nitrogens with zero attached hydrogens (tertiary/aromatic N) is 2. The number of primary amides is 1. The van der Waals surface area contributed by atoms with Gasteiger partial charge in [-0.15, -0.1) is 0 Å². The molecule has 1 aliphatic heterocycles. The number of aromatic amines is 1. The summed E-state index contributed by atoms with van der Waals surface area (Å²) in [6.45, 7) is 1.13. The fourth-order valence-corrected chi connectivity index (χ4v) is 2.78. The Hall–Kier alpha value is -3.02. The maximum absolute atomic E-state index is 11.7. The van der Waals surface area contributed by atoms with E-state index in [4.69, 9.17) is 10.5 Å². The van der Waals surface area contributed by atoms with Crippen LogP contribution in [0.3, 0.4) is 0 Å². The fraction of sp³-hybridized carbons (Fsp3) is 0.125. The topological polar surface area (TPSA) is 84.2 Å². The molecule has 0 fully saturated rings. The second-order valence-corrected chi connectivity index (χ2v) is 5.11. The number of benzene rings is 1. The first-order valence-corrected chi connectivity index (χ1v) is 7.01. The number of pyridine rings is 1. The molecule has 1 aromatic carbocycles. The lowest BCUT2D eigenvalue weighted by molar-refractivity contribution is 0.100. The smallest absolute Gasteiger partial charge is 0.250 e. The lowest BCUT2D eigenvalue weighted by Crippen LogP contribution is -2.31. The van der Waals surface area contributed by atoms with Crippen LogP contribution >= 0.6 is 0 Å². The highest BCUT2D eigenvalue weighted by molar-refractivity contribution is 6.00. The Labute approximate surface area is 126 Å². The van der Waals surface area contributed by atoms with Crippen molar-refractivity contribution in [1.29, 1.82) is 0 Å². The monoisotopic (exact) mass is 294 g/mol. The number of hydrogen-bond donors (Lipinski definition) is 2. The molecule has 110 valence electrons. The van der Waals surface area contributed by atoms with Gasteiger partial charge in [-0.3, -0.25) is 4.79 Å². The average Bonchev–Trinajstić information content (AvgIpc) is 2.99. The highest BCUT2D eigenvalue weighted by atomic mass is 16.5. The van der Waals surface area contributed by atoms with Gasteiger partial charge in [-0.25, -0.2) is 0 Å². The van der Waals surface area contributed by atoms with Gasteiger partial charge in [-0.1, -0.05) is 12.1 Å². The standard InChI is InChI=1S/C16H14N4O2/c17-14(21)11-3-1-2-4-12(11)20-7-8-22-16-13(20)9-10-5-6-18-15(10)19-16/h1-6,9H,7-8H2,(H2,17,21)(H,18,19). The number of nitrogens with two attached hydrogens (primary N) is 1. The number of ether oxygens (including phenoxy) is 1. The molecular formula is C16H14N4O2. The van der Waals surface area contributed by atoms with Crippen molar-refractivity contribution in [2.45, 2.75) is 0 Å². The maximum Gasteiger partial charge on any atom is 0.250 e. The van der Waals surface area contributed by atoms with Gasteiger partial charge in [0.1, 0.15) is 17.9 Å². The van der Waals surface area contributed by atoms with E-state index in [1.807, 2.05) is 35.4 Å². The summed E-state index contributed by atoms with van der Waals surface area (Å²) in [4.78, 5) is 21.3. The molecule has 3 N–H and O–H groups in total. The van der Waals surface area contributed by atoms with Crippen LogP contribution in [-0.2, 0) is 0 Å². The van der Waals surface area contributed by atoms with Gasteiger partial charge in [0.05, 0.1) is 17.8 Å². The van der Waals surface area contributed by atoms with Crippen LogP contribution in [0.15, 0.2) is 42.6 Å². The maximum atomic E-state index is 11.7. The number of rotatable bonds is 2. The Morgan fingerprint density at radius 1 is 1.27 bits per heavy atom. The molecule has 0 spiro atoms. The second kappa shape index (κ2) is 4.77. The molecule has 22 heavy (non-hydrogen) atoms. The third-order valence-corrected chi connectivity index (χ3v) is 3.79. The number of carbonyl (C=O) groups excluding carboxylic acids is 1. The summed E-state index contributed by atoms with van der Waals surface area (Å²) < 4.78 is 5.66. The van der Waals surface area contributed by atoms with E-state index in [0.717, 1.165) is 22.4 Å². The zero-order chi connectivity index (χ0) is 15.1. The van der Waals surface area contributed by atoms with E-state index in [0.29, 0.717) is 24.6 Å². The molecule has 0 bridgehead atoms. The fourth-order valence-electron chi connectivity index (χ4n) is 2.78. The van der Waals surface area contributed by atoms with Crippen LogP contribution in [0.5, 0.6) is 5.88 Å². The molecule has 0 saturated carbocycles. The number of para-hydroxylation sites is 1. The van der Waals surface area contributed by atoms with Crippen molar-refractivity contribution in [3.8, 4) is 5.88 Å². The highest BCUT2D eigenvalue weighted by Crippen LogP contribution is 2.38. The van der Waals surface area contributed by atoms with Gasteiger partial charge in [0.25, 0.3) is 5.91 Å². The van der Waals surface area contributed by atoms with Crippen molar-refractivity contribution in [1.82, 2.24) is 9.97 Å². The third-order valence-electron chi connectivity index (χ3n) is 3.79. The number of carbonyl (C=O) groups is 1. The molecule has 0 aliphatic carbocycles. The first kappa shape index (κ1) is 12.7. The summed E-state index contributed by atoms with van der Waals surface area (Å²) in [5.41, 5.74) is 8.38. The van der Waals surface area contributed by atoms with Crippen LogP contribution in [-0.4, -0.2) is 29.0 Å². The molecule has 0 radical (unpaired) electrons. The predicted molar refractivity (Wildman–Crippen MR) is 83.6 cm³/mol. The van der Waals surface area contributed by atoms with Gasteiger partial charge in [0, 0.05) is 11.6 Å². The number of anilines is 2. The SMILES string of the molecule is NC(=O)c1ccccc1N1CCOc2nc3[nH]ccc3cc21. The van der Waals surface area contributed by atoms with E-state index in [1.165, 1.54) is 0 Å². The molecule has 2 aromatic heterocycles. The highest BCUT2D eigenvalue weighted by Gasteiger charge is 2.24. The van der Waals surface area contributed by atoms with Crippen molar-refractivity contribution in [2.24, 2.45) is 5.73 Å². The summed E-state index contributed by atoms with van der Waals surface area (Å²) in [6, 6.07) is 11.3. The van der Waals surface area contributed by atoms with E-state index < -0.39 is 5.91 Å². The quantitative estimate of drug-likeness (QED) is 0.759. The van der Waals surface area contributed by atoms with Crippen molar-refractivity contribution < 1.29 is 9.53 Å². The van der Waals surface area contributed by atoms with E-state index in [2.05, 4.69) is 9.97 Å². The van der Waals surface area contributed by atoms with Crippen LogP contribution in [0.1, 0.15) is 10.4 Å². The minimum Gasteiger partial charge on any atom is -0.474 e. The molecule has 0 saturated heterocycles. The van der Waals surface area contributed by atoms with Gasteiger partial charge >= 0.3 is 0 Å².